The number of hydrogen-bond acceptors (Lipinski definition) is 2. The number of nitrogens with zero attached hydrogens (tertiary/aromatic N) is 1. The van der Waals surface area contributed by atoms with Gasteiger partial charge in [-0.25, -0.2) is 0 Å². The van der Waals surface area contributed by atoms with E-state index in [0.29, 0.717) is 6.42 Å². The van der Waals surface area contributed by atoms with Crippen LogP contribution in [0, 0.1) is 5.92 Å². The number of carbonyl (C=O) groups is 2. The van der Waals surface area contributed by atoms with E-state index >= 15 is 0 Å². The number of aryl methyl sites for hydroxylation is 1. The molecule has 3 rings (SSSR count). The monoisotopic (exact) mass is 342 g/mol. The van der Waals surface area contributed by atoms with Gasteiger partial charge >= 0.3 is 0 Å². The van der Waals surface area contributed by atoms with Crippen molar-refractivity contribution in [2.75, 3.05) is 13.1 Å². The fourth-order valence-corrected chi connectivity index (χ4v) is 4.23. The maximum atomic E-state index is 13.0. The Bertz CT molecular complexity index is 573. The Labute approximate surface area is 151 Å². The number of hydrogen-bond donors (Lipinski definition) is 1. The molecule has 2 aliphatic rings. The largest absolute Gasteiger partial charge is 0.356 e. The molecular weight excluding hydrogens is 312 g/mol. The van der Waals surface area contributed by atoms with Crippen LogP contribution in [0.4, 0.5) is 0 Å². The van der Waals surface area contributed by atoms with Crippen LogP contribution in [0.2, 0.25) is 0 Å². The molecule has 0 aromatic heterocycles. The predicted molar refractivity (Wildman–Crippen MR) is 99.1 cm³/mol. The molecule has 25 heavy (non-hydrogen) atoms. The minimum absolute atomic E-state index is 0.0208. The van der Waals surface area contributed by atoms with Gasteiger partial charge in [-0.3, -0.25) is 9.59 Å². The van der Waals surface area contributed by atoms with Crippen molar-refractivity contribution >= 4 is 11.8 Å². The van der Waals surface area contributed by atoms with Crippen LogP contribution in [-0.2, 0) is 16.0 Å². The summed E-state index contributed by atoms with van der Waals surface area (Å²) in [6.45, 7) is 1.59. The Morgan fingerprint density at radius 3 is 2.68 bits per heavy atom. The van der Waals surface area contributed by atoms with E-state index in [1.165, 1.54) is 5.56 Å². The van der Waals surface area contributed by atoms with Gasteiger partial charge in [0.2, 0.25) is 11.8 Å². The van der Waals surface area contributed by atoms with Crippen molar-refractivity contribution in [3.05, 3.63) is 35.9 Å². The van der Waals surface area contributed by atoms with Crippen molar-refractivity contribution < 1.29 is 9.59 Å². The fraction of sp³-hybridized carbons (Fsp3) is 0.619. The van der Waals surface area contributed by atoms with Crippen LogP contribution in [0.5, 0.6) is 0 Å². The summed E-state index contributed by atoms with van der Waals surface area (Å²) in [5.41, 5.74) is 1.20. The van der Waals surface area contributed by atoms with E-state index < -0.39 is 0 Å². The predicted octanol–water partition coefficient (Wildman–Crippen LogP) is 3.31. The number of fused-ring (bicyclic) bond motifs is 1. The van der Waals surface area contributed by atoms with Gasteiger partial charge in [-0.05, 0) is 44.1 Å². The lowest BCUT2D eigenvalue weighted by molar-refractivity contribution is -0.139. The van der Waals surface area contributed by atoms with Crippen LogP contribution < -0.4 is 5.32 Å². The SMILES string of the molecule is O=C1NCCCCCN(C(=O)CCc2ccccc2)[C@H]2CCCC[C@@H]12. The van der Waals surface area contributed by atoms with Crippen molar-refractivity contribution in [1.29, 1.82) is 0 Å². The second-order valence-electron chi connectivity index (χ2n) is 7.38. The molecule has 1 aromatic carbocycles. The van der Waals surface area contributed by atoms with Crippen molar-refractivity contribution in [2.45, 2.75) is 63.8 Å². The third-order valence-corrected chi connectivity index (χ3v) is 5.63. The molecule has 2 fully saturated rings. The smallest absolute Gasteiger partial charge is 0.225 e. The van der Waals surface area contributed by atoms with Gasteiger partial charge < -0.3 is 10.2 Å². The van der Waals surface area contributed by atoms with Crippen molar-refractivity contribution in [1.82, 2.24) is 10.2 Å². The zero-order valence-corrected chi connectivity index (χ0v) is 15.1. The van der Waals surface area contributed by atoms with E-state index in [0.717, 1.165) is 64.5 Å². The molecular formula is C21H30N2O2. The van der Waals surface area contributed by atoms with Crippen LogP contribution in [0.15, 0.2) is 30.3 Å². The molecule has 1 saturated heterocycles. The summed E-state index contributed by atoms with van der Waals surface area (Å²) in [5.74, 6) is 0.356. The summed E-state index contributed by atoms with van der Waals surface area (Å²) in [6.07, 6.45) is 8.53. The molecule has 0 bridgehead atoms. The first-order valence-electron chi connectivity index (χ1n) is 9.87. The number of nitrogens with one attached hydrogen (secondary N) is 1. The number of carbonyl (C=O) groups excluding carboxylic acids is 2. The molecule has 0 radical (unpaired) electrons. The lowest BCUT2D eigenvalue weighted by Gasteiger charge is -2.40. The summed E-state index contributed by atoms with van der Waals surface area (Å²) in [6, 6.07) is 10.3. The van der Waals surface area contributed by atoms with Gasteiger partial charge in [-0.1, -0.05) is 43.2 Å². The Morgan fingerprint density at radius 1 is 1.04 bits per heavy atom. The summed E-state index contributed by atoms with van der Waals surface area (Å²) < 4.78 is 0. The maximum absolute atomic E-state index is 13.0. The zero-order valence-electron chi connectivity index (χ0n) is 15.1. The molecule has 2 atom stereocenters. The summed E-state index contributed by atoms with van der Waals surface area (Å²) in [7, 11) is 0. The summed E-state index contributed by atoms with van der Waals surface area (Å²) in [5, 5.41) is 3.09. The van der Waals surface area contributed by atoms with Crippen molar-refractivity contribution in [3.63, 3.8) is 0 Å². The molecule has 1 aliphatic carbocycles. The zero-order chi connectivity index (χ0) is 17.5. The van der Waals surface area contributed by atoms with Crippen molar-refractivity contribution in [3.8, 4) is 0 Å². The highest BCUT2D eigenvalue weighted by molar-refractivity contribution is 5.82. The molecule has 4 heteroatoms. The third-order valence-electron chi connectivity index (χ3n) is 5.63. The highest BCUT2D eigenvalue weighted by Crippen LogP contribution is 2.30. The van der Waals surface area contributed by atoms with Crippen LogP contribution in [0.3, 0.4) is 0 Å². The minimum Gasteiger partial charge on any atom is -0.356 e. The molecule has 2 amide bonds. The van der Waals surface area contributed by atoms with Gasteiger partial charge in [0.05, 0.1) is 5.92 Å². The quantitative estimate of drug-likeness (QED) is 0.916. The summed E-state index contributed by atoms with van der Waals surface area (Å²) >= 11 is 0. The van der Waals surface area contributed by atoms with E-state index in [9.17, 15) is 9.59 Å². The van der Waals surface area contributed by atoms with Crippen LogP contribution >= 0.6 is 0 Å². The van der Waals surface area contributed by atoms with E-state index in [2.05, 4.69) is 22.3 Å². The average molecular weight is 342 g/mol. The molecule has 0 unspecified atom stereocenters. The average Bonchev–Trinajstić information content (AvgIpc) is 2.66. The van der Waals surface area contributed by atoms with Gasteiger partial charge in [0.15, 0.2) is 0 Å². The van der Waals surface area contributed by atoms with E-state index in [-0.39, 0.29) is 23.8 Å². The van der Waals surface area contributed by atoms with Gasteiger partial charge in [0.1, 0.15) is 0 Å². The van der Waals surface area contributed by atoms with Crippen molar-refractivity contribution in [2.24, 2.45) is 5.92 Å². The molecule has 136 valence electrons. The Balaban J connectivity index is 1.70. The van der Waals surface area contributed by atoms with Gasteiger partial charge in [0, 0.05) is 25.6 Å². The second kappa shape index (κ2) is 9.02. The fourth-order valence-electron chi connectivity index (χ4n) is 4.23. The molecule has 1 heterocycles. The lowest BCUT2D eigenvalue weighted by atomic mass is 9.82. The third kappa shape index (κ3) is 4.83. The standard InChI is InChI=1S/C21H30N2O2/c24-20(14-13-17-9-3-1-4-10-17)23-16-8-2-7-15-22-21(25)18-11-5-6-12-19(18)23/h1,3-4,9-10,18-19H,2,5-8,11-16H2,(H,22,25)/t18-,19+/m1/s1. The first-order valence-corrected chi connectivity index (χ1v) is 9.87. The Morgan fingerprint density at radius 2 is 1.84 bits per heavy atom. The normalized spacial score (nSPS) is 25.0. The molecule has 1 saturated carbocycles. The molecule has 1 N–H and O–H groups in total. The highest BCUT2D eigenvalue weighted by Gasteiger charge is 2.36. The van der Waals surface area contributed by atoms with Gasteiger partial charge in [0.25, 0.3) is 0 Å². The number of rotatable bonds is 3. The van der Waals surface area contributed by atoms with Crippen LogP contribution in [0.1, 0.15) is 56.9 Å². The minimum atomic E-state index is -0.0208. The first-order chi connectivity index (χ1) is 12.3. The van der Waals surface area contributed by atoms with E-state index in [4.69, 9.17) is 0 Å². The van der Waals surface area contributed by atoms with Gasteiger partial charge in [-0.2, -0.15) is 0 Å². The molecule has 1 aliphatic heterocycles. The number of benzene rings is 1. The van der Waals surface area contributed by atoms with Crippen LogP contribution in [0.25, 0.3) is 0 Å². The topological polar surface area (TPSA) is 49.4 Å². The molecule has 4 nitrogen and oxygen atoms in total. The van der Waals surface area contributed by atoms with E-state index in [1.807, 2.05) is 18.2 Å². The van der Waals surface area contributed by atoms with E-state index in [1.54, 1.807) is 0 Å². The summed E-state index contributed by atoms with van der Waals surface area (Å²) in [4.78, 5) is 27.6. The molecule has 1 aromatic rings. The maximum Gasteiger partial charge on any atom is 0.225 e. The number of amides is 2. The molecule has 0 spiro atoms. The lowest BCUT2D eigenvalue weighted by Crippen LogP contribution is -2.51. The Kier molecular flexibility index (Phi) is 6.48. The second-order valence-corrected chi connectivity index (χ2v) is 7.38. The first kappa shape index (κ1) is 18.0. The Hall–Kier alpha value is -1.84. The van der Waals surface area contributed by atoms with Gasteiger partial charge in [-0.15, -0.1) is 0 Å². The van der Waals surface area contributed by atoms with Crippen LogP contribution in [-0.4, -0.2) is 35.8 Å². The highest BCUT2D eigenvalue weighted by atomic mass is 16.2.